The van der Waals surface area contributed by atoms with Gasteiger partial charge >= 0.3 is 0 Å². The first-order chi connectivity index (χ1) is 10.1. The predicted molar refractivity (Wildman–Crippen MR) is 74.0 cm³/mol. The zero-order valence-electron chi connectivity index (χ0n) is 12.4. The number of carbonyl (C=O) groups excluding carboxylic acids is 1. The molecule has 1 aromatic carbocycles. The van der Waals surface area contributed by atoms with Gasteiger partial charge in [-0.1, -0.05) is 12.1 Å². The summed E-state index contributed by atoms with van der Waals surface area (Å²) >= 11 is 0. The van der Waals surface area contributed by atoms with Crippen LogP contribution in [0.5, 0.6) is 0 Å². The molecule has 0 radical (unpaired) electrons. The number of nitrogens with zero attached hydrogens (tertiary/aromatic N) is 3. The third kappa shape index (κ3) is 3.26. The van der Waals surface area contributed by atoms with Gasteiger partial charge in [-0.3, -0.25) is 9.63 Å². The molecule has 1 unspecified atom stereocenters. The molecule has 2 aromatic rings. The number of aryl methyl sites for hydroxylation is 1. The second-order valence-electron chi connectivity index (χ2n) is 4.38. The minimum atomic E-state index is -0.728. The van der Waals surface area contributed by atoms with Crippen LogP contribution in [0.4, 0.5) is 0 Å². The molecule has 1 amide bonds. The monoisotopic (exact) mass is 291 g/mol. The molecular formula is C14H17N3O4. The lowest BCUT2D eigenvalue weighted by molar-refractivity contribution is -0.179. The Morgan fingerprint density at radius 2 is 1.90 bits per heavy atom. The number of aromatic nitrogens is 2. The number of ether oxygens (including phenoxy) is 1. The van der Waals surface area contributed by atoms with Crippen molar-refractivity contribution in [1.82, 2.24) is 15.3 Å². The van der Waals surface area contributed by atoms with Crippen LogP contribution in [-0.4, -0.2) is 42.4 Å². The van der Waals surface area contributed by atoms with E-state index in [1.807, 2.05) is 0 Å². The first-order valence-corrected chi connectivity index (χ1v) is 6.31. The van der Waals surface area contributed by atoms with E-state index in [0.717, 1.165) is 10.6 Å². The first-order valence-electron chi connectivity index (χ1n) is 6.31. The van der Waals surface area contributed by atoms with Gasteiger partial charge in [0.15, 0.2) is 6.10 Å². The summed E-state index contributed by atoms with van der Waals surface area (Å²) in [6, 6.07) is 7.16. The molecule has 0 aliphatic carbocycles. The van der Waals surface area contributed by atoms with E-state index in [1.165, 1.54) is 21.3 Å². The van der Waals surface area contributed by atoms with E-state index < -0.39 is 6.10 Å². The van der Waals surface area contributed by atoms with E-state index in [9.17, 15) is 4.79 Å². The molecule has 1 heterocycles. The van der Waals surface area contributed by atoms with Crippen molar-refractivity contribution in [3.05, 3.63) is 35.7 Å². The smallest absolute Gasteiger partial charge is 0.279 e. The van der Waals surface area contributed by atoms with Crippen molar-refractivity contribution < 1.29 is 18.8 Å². The molecule has 1 aromatic heterocycles. The SMILES string of the molecule is COC(C(=O)N(C)OC)c1ccc(-c2nnc(C)o2)cc1. The van der Waals surface area contributed by atoms with Crippen LogP contribution in [0, 0.1) is 6.92 Å². The highest BCUT2D eigenvalue weighted by Gasteiger charge is 2.24. The largest absolute Gasteiger partial charge is 0.421 e. The van der Waals surface area contributed by atoms with Crippen LogP contribution in [0.15, 0.2) is 28.7 Å². The molecule has 2 rings (SSSR count). The number of carbonyl (C=O) groups is 1. The van der Waals surface area contributed by atoms with Gasteiger partial charge in [-0.05, 0) is 17.7 Å². The number of likely N-dealkylation sites (N-methyl/N-ethyl adjacent to an activating group) is 1. The van der Waals surface area contributed by atoms with E-state index in [2.05, 4.69) is 10.2 Å². The third-order valence-electron chi connectivity index (χ3n) is 3.03. The van der Waals surface area contributed by atoms with Crippen LogP contribution in [0.2, 0.25) is 0 Å². The Morgan fingerprint density at radius 1 is 1.24 bits per heavy atom. The maximum absolute atomic E-state index is 12.1. The Morgan fingerprint density at radius 3 is 2.38 bits per heavy atom. The normalized spacial score (nSPS) is 12.2. The highest BCUT2D eigenvalue weighted by Crippen LogP contribution is 2.23. The van der Waals surface area contributed by atoms with Crippen LogP contribution < -0.4 is 0 Å². The number of rotatable bonds is 5. The summed E-state index contributed by atoms with van der Waals surface area (Å²) in [5.41, 5.74) is 1.49. The average molecular weight is 291 g/mol. The van der Waals surface area contributed by atoms with Crippen molar-refractivity contribution in [3.63, 3.8) is 0 Å². The topological polar surface area (TPSA) is 77.7 Å². The summed E-state index contributed by atoms with van der Waals surface area (Å²) in [6.45, 7) is 1.73. The fourth-order valence-electron chi connectivity index (χ4n) is 1.85. The van der Waals surface area contributed by atoms with Crippen LogP contribution in [0.1, 0.15) is 17.6 Å². The maximum Gasteiger partial charge on any atom is 0.279 e. The average Bonchev–Trinajstić information content (AvgIpc) is 2.94. The van der Waals surface area contributed by atoms with Gasteiger partial charge in [0, 0.05) is 26.6 Å². The van der Waals surface area contributed by atoms with Gasteiger partial charge in [0.25, 0.3) is 5.91 Å². The summed E-state index contributed by atoms with van der Waals surface area (Å²) < 4.78 is 10.6. The van der Waals surface area contributed by atoms with E-state index in [1.54, 1.807) is 31.2 Å². The Balaban J connectivity index is 2.22. The van der Waals surface area contributed by atoms with E-state index in [-0.39, 0.29) is 5.91 Å². The lowest BCUT2D eigenvalue weighted by atomic mass is 10.1. The van der Waals surface area contributed by atoms with Crippen LogP contribution in [0.25, 0.3) is 11.5 Å². The fraction of sp³-hybridized carbons (Fsp3) is 0.357. The Bertz CT molecular complexity index is 609. The number of methoxy groups -OCH3 is 1. The predicted octanol–water partition coefficient (Wildman–Crippen LogP) is 1.75. The van der Waals surface area contributed by atoms with Crippen molar-refractivity contribution in [3.8, 4) is 11.5 Å². The summed E-state index contributed by atoms with van der Waals surface area (Å²) in [7, 11) is 4.43. The number of hydrogen-bond acceptors (Lipinski definition) is 6. The van der Waals surface area contributed by atoms with E-state index >= 15 is 0 Å². The van der Waals surface area contributed by atoms with Crippen molar-refractivity contribution in [2.24, 2.45) is 0 Å². The molecular weight excluding hydrogens is 274 g/mol. The van der Waals surface area contributed by atoms with Crippen molar-refractivity contribution in [2.45, 2.75) is 13.0 Å². The molecule has 21 heavy (non-hydrogen) atoms. The molecule has 1 atom stereocenters. The molecule has 0 aliphatic heterocycles. The number of hydrogen-bond donors (Lipinski definition) is 0. The quantitative estimate of drug-likeness (QED) is 0.781. The van der Waals surface area contributed by atoms with Gasteiger partial charge in [-0.2, -0.15) is 0 Å². The molecule has 0 N–H and O–H groups in total. The second-order valence-corrected chi connectivity index (χ2v) is 4.38. The van der Waals surface area contributed by atoms with Crippen molar-refractivity contribution >= 4 is 5.91 Å². The minimum absolute atomic E-state index is 0.290. The number of benzene rings is 1. The molecule has 0 saturated carbocycles. The molecule has 7 nitrogen and oxygen atoms in total. The standard InChI is InChI=1S/C14H17N3O4/c1-9-15-16-13(21-9)11-7-5-10(6-8-11)12(19-3)14(18)17(2)20-4/h5-8,12H,1-4H3. The van der Waals surface area contributed by atoms with Gasteiger partial charge < -0.3 is 9.15 Å². The Hall–Kier alpha value is -2.25. The van der Waals surface area contributed by atoms with Crippen LogP contribution in [0.3, 0.4) is 0 Å². The van der Waals surface area contributed by atoms with E-state index in [4.69, 9.17) is 14.0 Å². The van der Waals surface area contributed by atoms with Gasteiger partial charge in [0.2, 0.25) is 11.8 Å². The van der Waals surface area contributed by atoms with Crippen LogP contribution >= 0.6 is 0 Å². The van der Waals surface area contributed by atoms with Gasteiger partial charge in [0.05, 0.1) is 7.11 Å². The number of hydroxylamine groups is 2. The Kier molecular flexibility index (Phi) is 4.66. The highest BCUT2D eigenvalue weighted by molar-refractivity contribution is 5.81. The summed E-state index contributed by atoms with van der Waals surface area (Å²) in [5.74, 6) is 0.649. The molecule has 7 heteroatoms. The van der Waals surface area contributed by atoms with E-state index in [0.29, 0.717) is 17.3 Å². The minimum Gasteiger partial charge on any atom is -0.421 e. The zero-order valence-corrected chi connectivity index (χ0v) is 12.4. The van der Waals surface area contributed by atoms with Crippen molar-refractivity contribution in [1.29, 1.82) is 0 Å². The molecule has 0 aliphatic rings. The summed E-state index contributed by atoms with van der Waals surface area (Å²) in [6.07, 6.45) is -0.728. The highest BCUT2D eigenvalue weighted by atomic mass is 16.7. The molecule has 0 fully saturated rings. The summed E-state index contributed by atoms with van der Waals surface area (Å²) in [5, 5.41) is 8.85. The van der Waals surface area contributed by atoms with Crippen molar-refractivity contribution in [2.75, 3.05) is 21.3 Å². The fourth-order valence-corrected chi connectivity index (χ4v) is 1.85. The van der Waals surface area contributed by atoms with Gasteiger partial charge in [-0.15, -0.1) is 10.2 Å². The molecule has 112 valence electrons. The molecule has 0 saturated heterocycles. The lowest BCUT2D eigenvalue weighted by Crippen LogP contribution is -2.31. The zero-order chi connectivity index (χ0) is 15.4. The second kappa shape index (κ2) is 6.47. The number of amides is 1. The van der Waals surface area contributed by atoms with Crippen LogP contribution in [-0.2, 0) is 14.4 Å². The molecule has 0 spiro atoms. The maximum atomic E-state index is 12.1. The van der Waals surface area contributed by atoms with Gasteiger partial charge in [0.1, 0.15) is 0 Å². The molecule has 0 bridgehead atoms. The Labute approximate surface area is 122 Å². The third-order valence-corrected chi connectivity index (χ3v) is 3.03. The first kappa shape index (κ1) is 15.1. The summed E-state index contributed by atoms with van der Waals surface area (Å²) in [4.78, 5) is 17.0. The van der Waals surface area contributed by atoms with Gasteiger partial charge in [-0.25, -0.2) is 5.06 Å². The lowest BCUT2D eigenvalue weighted by Gasteiger charge is -2.20.